The highest BCUT2D eigenvalue weighted by molar-refractivity contribution is 4.84. The number of nitrogens with zero attached hydrogens (tertiary/aromatic N) is 1. The van der Waals surface area contributed by atoms with E-state index in [1.165, 1.54) is 25.9 Å². The molecule has 0 spiro atoms. The predicted octanol–water partition coefficient (Wildman–Crippen LogP) is 0.848. The molecule has 0 aromatic carbocycles. The Hall–Kier alpha value is -0.120. The first-order chi connectivity index (χ1) is 6.75. The molecule has 3 heteroatoms. The van der Waals surface area contributed by atoms with E-state index in [1.807, 2.05) is 0 Å². The molecule has 0 amide bonds. The van der Waals surface area contributed by atoms with Gasteiger partial charge < -0.3 is 10.1 Å². The van der Waals surface area contributed by atoms with E-state index in [2.05, 4.69) is 24.1 Å². The van der Waals surface area contributed by atoms with Gasteiger partial charge in [-0.1, -0.05) is 13.8 Å². The highest BCUT2D eigenvalue weighted by Gasteiger charge is 2.29. The van der Waals surface area contributed by atoms with Crippen LogP contribution in [0.25, 0.3) is 0 Å². The topological polar surface area (TPSA) is 24.5 Å². The second kappa shape index (κ2) is 4.60. The Morgan fingerprint density at radius 1 is 1.21 bits per heavy atom. The Kier molecular flexibility index (Phi) is 3.42. The van der Waals surface area contributed by atoms with Crippen molar-refractivity contribution in [1.82, 2.24) is 10.2 Å². The van der Waals surface area contributed by atoms with Gasteiger partial charge in [-0.3, -0.25) is 4.90 Å². The van der Waals surface area contributed by atoms with Gasteiger partial charge in [0.25, 0.3) is 0 Å². The summed E-state index contributed by atoms with van der Waals surface area (Å²) in [6, 6.07) is 2.10. The molecule has 2 rings (SSSR count). The Bertz CT molecular complexity index is 172. The normalized spacial score (nSPS) is 26.8. The lowest BCUT2D eigenvalue weighted by Gasteiger charge is -2.41. The van der Waals surface area contributed by atoms with Gasteiger partial charge >= 0.3 is 0 Å². The number of hydrogen-bond acceptors (Lipinski definition) is 3. The first-order valence-corrected chi connectivity index (χ1v) is 5.83. The Morgan fingerprint density at radius 2 is 1.86 bits per heavy atom. The average Bonchev–Trinajstić information content (AvgIpc) is 2.04. The zero-order valence-corrected chi connectivity index (χ0v) is 9.33. The Balaban J connectivity index is 1.69. The van der Waals surface area contributed by atoms with Crippen molar-refractivity contribution in [2.75, 3.05) is 26.3 Å². The molecular weight excluding hydrogens is 176 g/mol. The quantitative estimate of drug-likeness (QED) is 0.727. The molecular formula is C11H22N2O. The number of piperidine rings is 1. The van der Waals surface area contributed by atoms with Gasteiger partial charge in [-0.05, 0) is 12.8 Å². The molecule has 0 atom stereocenters. The van der Waals surface area contributed by atoms with Crippen molar-refractivity contribution < 1.29 is 4.74 Å². The van der Waals surface area contributed by atoms with Crippen molar-refractivity contribution in [2.24, 2.45) is 0 Å². The molecule has 1 N–H and O–H groups in total. The molecule has 0 radical (unpaired) electrons. The number of likely N-dealkylation sites (tertiary alicyclic amines) is 1. The van der Waals surface area contributed by atoms with Gasteiger partial charge in [-0.15, -0.1) is 0 Å². The van der Waals surface area contributed by atoms with Crippen molar-refractivity contribution in [3.8, 4) is 0 Å². The van der Waals surface area contributed by atoms with Crippen LogP contribution in [0.5, 0.6) is 0 Å². The largest absolute Gasteiger partial charge is 0.378 e. The molecule has 0 bridgehead atoms. The van der Waals surface area contributed by atoms with Crippen LogP contribution in [0.3, 0.4) is 0 Å². The number of hydrogen-bond donors (Lipinski definition) is 1. The number of ether oxygens (including phenoxy) is 1. The average molecular weight is 198 g/mol. The van der Waals surface area contributed by atoms with Gasteiger partial charge in [0.15, 0.2) is 0 Å². The van der Waals surface area contributed by atoms with Crippen molar-refractivity contribution >= 4 is 0 Å². The van der Waals surface area contributed by atoms with Crippen LogP contribution in [0.2, 0.25) is 0 Å². The maximum atomic E-state index is 5.22. The minimum absolute atomic E-state index is 0.624. The van der Waals surface area contributed by atoms with Crippen LogP contribution >= 0.6 is 0 Å². The van der Waals surface area contributed by atoms with Crippen LogP contribution in [-0.2, 0) is 4.74 Å². The second-order valence-electron chi connectivity index (χ2n) is 4.82. The monoisotopic (exact) mass is 198 g/mol. The highest BCUT2D eigenvalue weighted by Crippen LogP contribution is 2.17. The summed E-state index contributed by atoms with van der Waals surface area (Å²) in [6.07, 6.45) is 2.60. The molecule has 0 aromatic heterocycles. The predicted molar refractivity (Wildman–Crippen MR) is 57.5 cm³/mol. The fourth-order valence-corrected chi connectivity index (χ4v) is 2.34. The minimum Gasteiger partial charge on any atom is -0.378 e. The van der Waals surface area contributed by atoms with Crippen LogP contribution in [0.15, 0.2) is 0 Å². The fraction of sp³-hybridized carbons (Fsp3) is 1.00. The van der Waals surface area contributed by atoms with Crippen LogP contribution in [0.1, 0.15) is 26.7 Å². The summed E-state index contributed by atoms with van der Waals surface area (Å²) >= 11 is 0. The first kappa shape index (κ1) is 10.4. The Morgan fingerprint density at radius 3 is 2.29 bits per heavy atom. The summed E-state index contributed by atoms with van der Waals surface area (Å²) in [6.45, 7) is 8.87. The van der Waals surface area contributed by atoms with E-state index in [0.29, 0.717) is 6.04 Å². The van der Waals surface area contributed by atoms with Gasteiger partial charge in [0.05, 0.1) is 19.3 Å². The molecule has 14 heavy (non-hydrogen) atoms. The van der Waals surface area contributed by atoms with E-state index in [-0.39, 0.29) is 0 Å². The number of nitrogens with one attached hydrogen (secondary N) is 1. The smallest absolute Gasteiger partial charge is 0.0645 e. The van der Waals surface area contributed by atoms with Crippen LogP contribution in [0.4, 0.5) is 0 Å². The summed E-state index contributed by atoms with van der Waals surface area (Å²) in [5.41, 5.74) is 0. The molecule has 2 fully saturated rings. The lowest BCUT2D eigenvalue weighted by atomic mass is 10.0. The summed E-state index contributed by atoms with van der Waals surface area (Å²) < 4.78 is 5.22. The standard InChI is InChI=1S/C11H22N2O/c1-9(2)12-10-3-5-13(6-4-10)11-7-14-8-11/h9-12H,3-8H2,1-2H3. The van der Waals surface area contributed by atoms with E-state index < -0.39 is 0 Å². The Labute approximate surface area is 86.8 Å². The van der Waals surface area contributed by atoms with Gasteiger partial charge in [-0.2, -0.15) is 0 Å². The van der Waals surface area contributed by atoms with Gasteiger partial charge in [0.1, 0.15) is 0 Å². The molecule has 0 saturated carbocycles. The van der Waals surface area contributed by atoms with Gasteiger partial charge in [0, 0.05) is 25.2 Å². The molecule has 2 aliphatic rings. The molecule has 0 unspecified atom stereocenters. The second-order valence-corrected chi connectivity index (χ2v) is 4.82. The third kappa shape index (κ3) is 2.47. The lowest BCUT2D eigenvalue weighted by Crippen LogP contribution is -2.54. The van der Waals surface area contributed by atoms with Crippen LogP contribution < -0.4 is 5.32 Å². The van der Waals surface area contributed by atoms with Crippen LogP contribution in [0, 0.1) is 0 Å². The molecule has 0 aliphatic carbocycles. The van der Waals surface area contributed by atoms with E-state index in [1.54, 1.807) is 0 Å². The first-order valence-electron chi connectivity index (χ1n) is 5.83. The highest BCUT2D eigenvalue weighted by atomic mass is 16.5. The zero-order chi connectivity index (χ0) is 9.97. The summed E-state index contributed by atoms with van der Waals surface area (Å²) in [5, 5.41) is 3.62. The molecule has 2 heterocycles. The van der Waals surface area contributed by atoms with E-state index in [0.717, 1.165) is 25.3 Å². The van der Waals surface area contributed by atoms with Gasteiger partial charge in [-0.25, -0.2) is 0 Å². The lowest BCUT2D eigenvalue weighted by molar-refractivity contribution is -0.0720. The van der Waals surface area contributed by atoms with Crippen molar-refractivity contribution in [3.63, 3.8) is 0 Å². The summed E-state index contributed by atoms with van der Waals surface area (Å²) in [4.78, 5) is 2.59. The molecule has 82 valence electrons. The minimum atomic E-state index is 0.624. The fourth-order valence-electron chi connectivity index (χ4n) is 2.34. The maximum Gasteiger partial charge on any atom is 0.0645 e. The van der Waals surface area contributed by atoms with Gasteiger partial charge in [0.2, 0.25) is 0 Å². The molecule has 0 aromatic rings. The van der Waals surface area contributed by atoms with E-state index in [4.69, 9.17) is 4.74 Å². The van der Waals surface area contributed by atoms with Crippen molar-refractivity contribution in [1.29, 1.82) is 0 Å². The summed E-state index contributed by atoms with van der Waals surface area (Å²) in [5.74, 6) is 0. The van der Waals surface area contributed by atoms with Crippen molar-refractivity contribution in [3.05, 3.63) is 0 Å². The van der Waals surface area contributed by atoms with Crippen LogP contribution in [-0.4, -0.2) is 49.3 Å². The molecule has 2 saturated heterocycles. The van der Waals surface area contributed by atoms with E-state index >= 15 is 0 Å². The molecule has 2 aliphatic heterocycles. The SMILES string of the molecule is CC(C)NC1CCN(C2COC2)CC1. The number of rotatable bonds is 3. The summed E-state index contributed by atoms with van der Waals surface area (Å²) in [7, 11) is 0. The van der Waals surface area contributed by atoms with E-state index in [9.17, 15) is 0 Å². The third-order valence-corrected chi connectivity index (χ3v) is 3.24. The van der Waals surface area contributed by atoms with Crippen molar-refractivity contribution in [2.45, 2.75) is 44.8 Å². The molecule has 3 nitrogen and oxygen atoms in total. The zero-order valence-electron chi connectivity index (χ0n) is 9.33. The maximum absolute atomic E-state index is 5.22. The third-order valence-electron chi connectivity index (χ3n) is 3.24.